The van der Waals surface area contributed by atoms with Gasteiger partial charge in [-0.1, -0.05) is 44.2 Å². The van der Waals surface area contributed by atoms with Gasteiger partial charge in [0.05, 0.1) is 19.2 Å². The number of aliphatic hydroxyl groups excluding tert-OH is 1. The fraction of sp³-hybridized carbons (Fsp3) is 0.542. The molecule has 2 unspecified atom stereocenters. The van der Waals surface area contributed by atoms with Crippen LogP contribution in [0.3, 0.4) is 0 Å². The number of nitrogens with one attached hydrogen (secondary N) is 2. The van der Waals surface area contributed by atoms with Crippen molar-refractivity contribution < 1.29 is 24.2 Å². The lowest BCUT2D eigenvalue weighted by Gasteiger charge is -2.18. The Morgan fingerprint density at radius 3 is 2.78 bits per heavy atom. The molecule has 0 aromatic heterocycles. The molecular formula is C24H37N3O5. The molecule has 1 aliphatic rings. The average Bonchev–Trinajstić information content (AvgIpc) is 3.02. The minimum atomic E-state index is -0.514. The van der Waals surface area contributed by atoms with Crippen LogP contribution in [0.5, 0.6) is 0 Å². The predicted octanol–water partition coefficient (Wildman–Crippen LogP) is 1.67. The van der Waals surface area contributed by atoms with Crippen LogP contribution in [-0.4, -0.2) is 55.2 Å². The van der Waals surface area contributed by atoms with Gasteiger partial charge in [0.1, 0.15) is 6.61 Å². The number of ether oxygens (including phenoxy) is 1. The van der Waals surface area contributed by atoms with Gasteiger partial charge in [0.25, 0.3) is 0 Å². The summed E-state index contributed by atoms with van der Waals surface area (Å²) in [5.74, 6) is -0.894. The van der Waals surface area contributed by atoms with E-state index in [2.05, 4.69) is 10.6 Å². The first kappa shape index (κ1) is 27.3. The molecule has 0 aromatic carbocycles. The molecule has 2 atom stereocenters. The molecule has 8 heteroatoms. The van der Waals surface area contributed by atoms with Crippen LogP contribution < -0.4 is 16.4 Å². The van der Waals surface area contributed by atoms with Crippen molar-refractivity contribution >= 4 is 17.8 Å². The fourth-order valence-corrected chi connectivity index (χ4v) is 2.92. The van der Waals surface area contributed by atoms with Gasteiger partial charge in [-0.3, -0.25) is 14.4 Å². The zero-order valence-corrected chi connectivity index (χ0v) is 19.1. The third kappa shape index (κ3) is 12.2. The molecule has 0 heterocycles. The molecule has 0 aliphatic heterocycles. The maximum atomic E-state index is 11.7. The van der Waals surface area contributed by atoms with E-state index in [9.17, 15) is 19.5 Å². The van der Waals surface area contributed by atoms with Crippen LogP contribution in [0.1, 0.15) is 46.0 Å². The van der Waals surface area contributed by atoms with Gasteiger partial charge in [-0.15, -0.1) is 0 Å². The van der Waals surface area contributed by atoms with Gasteiger partial charge in [-0.05, 0) is 55.2 Å². The van der Waals surface area contributed by atoms with Crippen molar-refractivity contribution in [2.45, 2.75) is 52.1 Å². The maximum Gasteiger partial charge on any atom is 0.320 e. The highest BCUT2D eigenvalue weighted by Gasteiger charge is 2.15. The largest absolute Gasteiger partial charge is 0.460 e. The Bertz CT molecular complexity index is 740. The summed E-state index contributed by atoms with van der Waals surface area (Å²) in [5.41, 5.74) is 7.20. The third-order valence-electron chi connectivity index (χ3n) is 4.99. The van der Waals surface area contributed by atoms with Crippen LogP contribution in [0.4, 0.5) is 0 Å². The standard InChI is InChI=1S/C24H37N3O5/c1-3-13-26-23(30)16-27-22(29)10-5-4-7-18(2)21(28)14-19-8-6-9-20(12-11-19)17-32-24(31)15-25/h5-6,8,10-12,18,21,28H,3-4,7,9,13-17,25H2,1-2H3,(H,26,30)(H,27,29)/b10-5+. The summed E-state index contributed by atoms with van der Waals surface area (Å²) in [4.78, 5) is 34.4. The summed E-state index contributed by atoms with van der Waals surface area (Å²) >= 11 is 0. The van der Waals surface area contributed by atoms with Crippen LogP contribution in [0.25, 0.3) is 0 Å². The van der Waals surface area contributed by atoms with Crippen LogP contribution in [-0.2, 0) is 19.1 Å². The van der Waals surface area contributed by atoms with E-state index in [0.29, 0.717) is 25.8 Å². The minimum absolute atomic E-state index is 0.0352. The quantitative estimate of drug-likeness (QED) is 0.237. The predicted molar refractivity (Wildman–Crippen MR) is 124 cm³/mol. The van der Waals surface area contributed by atoms with E-state index in [4.69, 9.17) is 10.5 Å². The topological polar surface area (TPSA) is 131 Å². The van der Waals surface area contributed by atoms with E-state index < -0.39 is 12.1 Å². The number of aliphatic hydroxyl groups is 1. The summed E-state index contributed by atoms with van der Waals surface area (Å²) in [7, 11) is 0. The highest BCUT2D eigenvalue weighted by atomic mass is 16.5. The molecule has 0 bridgehead atoms. The fourth-order valence-electron chi connectivity index (χ4n) is 2.92. The van der Waals surface area contributed by atoms with E-state index in [1.807, 2.05) is 38.2 Å². The van der Waals surface area contributed by atoms with E-state index in [-0.39, 0.29) is 37.4 Å². The molecule has 0 saturated heterocycles. The molecule has 0 radical (unpaired) electrons. The highest BCUT2D eigenvalue weighted by Crippen LogP contribution is 2.21. The first-order chi connectivity index (χ1) is 15.3. The van der Waals surface area contributed by atoms with Gasteiger partial charge in [-0.2, -0.15) is 0 Å². The van der Waals surface area contributed by atoms with E-state index in [1.165, 1.54) is 6.08 Å². The SMILES string of the molecule is CCCNC(=O)CNC(=O)/C=C/CCC(C)C(O)CC1=CC=C(COC(=O)CN)CC=C1. The Kier molecular flexibility index (Phi) is 13.7. The molecule has 5 N–H and O–H groups in total. The zero-order valence-electron chi connectivity index (χ0n) is 19.1. The first-order valence-corrected chi connectivity index (χ1v) is 11.2. The molecule has 0 saturated carbocycles. The summed E-state index contributed by atoms with van der Waals surface area (Å²) in [6.07, 6.45) is 13.9. The minimum Gasteiger partial charge on any atom is -0.460 e. The molecule has 0 fully saturated rings. The number of amides is 2. The second kappa shape index (κ2) is 16.0. The lowest BCUT2D eigenvalue weighted by molar-refractivity contribution is -0.141. The number of hydrogen-bond donors (Lipinski definition) is 4. The third-order valence-corrected chi connectivity index (χ3v) is 4.99. The summed E-state index contributed by atoms with van der Waals surface area (Å²) in [6.45, 7) is 4.58. The van der Waals surface area contributed by atoms with Gasteiger partial charge in [-0.25, -0.2) is 0 Å². The van der Waals surface area contributed by atoms with Gasteiger partial charge < -0.3 is 26.2 Å². The average molecular weight is 448 g/mol. The van der Waals surface area contributed by atoms with E-state index in [1.54, 1.807) is 6.08 Å². The smallest absolute Gasteiger partial charge is 0.320 e. The molecule has 0 aromatic rings. The van der Waals surface area contributed by atoms with Crippen molar-refractivity contribution in [3.63, 3.8) is 0 Å². The Balaban J connectivity index is 2.35. The lowest BCUT2D eigenvalue weighted by Crippen LogP contribution is -2.36. The zero-order chi connectivity index (χ0) is 23.8. The highest BCUT2D eigenvalue weighted by molar-refractivity contribution is 5.91. The Hall–Kier alpha value is -2.71. The molecule has 2 amide bonds. The van der Waals surface area contributed by atoms with Crippen LogP contribution in [0.2, 0.25) is 0 Å². The molecule has 1 aliphatic carbocycles. The molecular weight excluding hydrogens is 410 g/mol. The molecule has 8 nitrogen and oxygen atoms in total. The second-order valence-corrected chi connectivity index (χ2v) is 7.83. The number of carbonyl (C=O) groups is 3. The number of hydrogen-bond acceptors (Lipinski definition) is 6. The molecule has 178 valence electrons. The van der Waals surface area contributed by atoms with E-state index in [0.717, 1.165) is 24.0 Å². The first-order valence-electron chi connectivity index (χ1n) is 11.2. The Morgan fingerprint density at radius 2 is 2.06 bits per heavy atom. The van der Waals surface area contributed by atoms with Gasteiger partial charge in [0, 0.05) is 6.54 Å². The van der Waals surface area contributed by atoms with E-state index >= 15 is 0 Å². The monoisotopic (exact) mass is 447 g/mol. The van der Waals surface area contributed by atoms with Crippen LogP contribution in [0.15, 0.2) is 47.6 Å². The van der Waals surface area contributed by atoms with Crippen molar-refractivity contribution in [2.24, 2.45) is 11.7 Å². The Morgan fingerprint density at radius 1 is 1.28 bits per heavy atom. The van der Waals surface area contributed by atoms with Crippen molar-refractivity contribution in [2.75, 3.05) is 26.2 Å². The molecule has 1 rings (SSSR count). The van der Waals surface area contributed by atoms with Crippen molar-refractivity contribution in [3.05, 3.63) is 47.6 Å². The summed E-state index contributed by atoms with van der Waals surface area (Å²) in [5, 5.41) is 15.8. The van der Waals surface area contributed by atoms with Crippen molar-refractivity contribution in [1.29, 1.82) is 0 Å². The normalized spacial score (nSPS) is 15.4. The maximum absolute atomic E-state index is 11.7. The summed E-state index contributed by atoms with van der Waals surface area (Å²) in [6, 6.07) is 0. The number of allylic oxidation sites excluding steroid dienone is 5. The van der Waals surface area contributed by atoms with Gasteiger partial charge in [0.2, 0.25) is 11.8 Å². The number of carbonyl (C=O) groups excluding carboxylic acids is 3. The lowest BCUT2D eigenvalue weighted by atomic mass is 9.93. The molecule has 32 heavy (non-hydrogen) atoms. The van der Waals surface area contributed by atoms with Crippen LogP contribution in [0, 0.1) is 5.92 Å². The number of nitrogens with two attached hydrogens (primary N) is 1. The number of rotatable bonds is 14. The Labute approximate surface area is 190 Å². The molecule has 0 spiro atoms. The second-order valence-electron chi connectivity index (χ2n) is 7.83. The van der Waals surface area contributed by atoms with Gasteiger partial charge in [0.15, 0.2) is 0 Å². The van der Waals surface area contributed by atoms with Crippen LogP contribution >= 0.6 is 0 Å². The number of esters is 1. The van der Waals surface area contributed by atoms with Gasteiger partial charge >= 0.3 is 5.97 Å². The summed E-state index contributed by atoms with van der Waals surface area (Å²) < 4.78 is 5.06. The van der Waals surface area contributed by atoms with Crippen molar-refractivity contribution in [3.8, 4) is 0 Å². The van der Waals surface area contributed by atoms with Crippen molar-refractivity contribution in [1.82, 2.24) is 10.6 Å².